The number of benzene rings is 1. The molecule has 0 radical (unpaired) electrons. The van der Waals surface area contributed by atoms with Gasteiger partial charge in [0.15, 0.2) is 6.29 Å². The highest BCUT2D eigenvalue weighted by Crippen LogP contribution is 2.25. The molecule has 5 atom stereocenters. The molecule has 3 N–H and O–H groups in total. The van der Waals surface area contributed by atoms with Crippen molar-refractivity contribution in [1.82, 2.24) is 0 Å². The summed E-state index contributed by atoms with van der Waals surface area (Å²) in [7, 11) is 0. The molecule has 22 heavy (non-hydrogen) atoms. The molecule has 1 aromatic rings. The molecule has 1 saturated heterocycles. The molecule has 0 saturated carbocycles. The van der Waals surface area contributed by atoms with Crippen molar-refractivity contribution in [3.05, 3.63) is 48.6 Å². The summed E-state index contributed by atoms with van der Waals surface area (Å²) in [4.78, 5) is 0. The van der Waals surface area contributed by atoms with Crippen molar-refractivity contribution in [2.75, 3.05) is 13.2 Å². The van der Waals surface area contributed by atoms with Crippen LogP contribution in [0.3, 0.4) is 0 Å². The molecule has 0 spiro atoms. The average molecular weight is 310 g/mol. The van der Waals surface area contributed by atoms with Crippen molar-refractivity contribution in [3.63, 3.8) is 0 Å². The Morgan fingerprint density at radius 1 is 1.14 bits per heavy atom. The largest absolute Gasteiger partial charge is 0.394 e. The fourth-order valence-corrected chi connectivity index (χ4v) is 2.32. The van der Waals surface area contributed by atoms with Crippen molar-refractivity contribution >= 4 is 0 Å². The third-order valence-electron chi connectivity index (χ3n) is 3.49. The lowest BCUT2D eigenvalue weighted by atomic mass is 9.99. The second kappa shape index (κ2) is 8.38. The molecule has 0 aromatic heterocycles. The van der Waals surface area contributed by atoms with Gasteiger partial charge in [-0.05, 0) is 5.56 Å². The summed E-state index contributed by atoms with van der Waals surface area (Å²) in [6.45, 7) is 3.54. The molecule has 1 heterocycles. The molecule has 1 aliphatic rings. The Morgan fingerprint density at radius 3 is 2.50 bits per heavy atom. The number of hydrogen-bond donors (Lipinski definition) is 3. The van der Waals surface area contributed by atoms with Crippen LogP contribution in [0.15, 0.2) is 43.0 Å². The zero-order chi connectivity index (χ0) is 15.9. The van der Waals surface area contributed by atoms with Gasteiger partial charge < -0.3 is 29.5 Å². The Kier molecular flexibility index (Phi) is 6.50. The molecule has 122 valence electrons. The van der Waals surface area contributed by atoms with E-state index in [0.717, 1.165) is 5.56 Å². The zero-order valence-electron chi connectivity index (χ0n) is 12.2. The van der Waals surface area contributed by atoms with Gasteiger partial charge in [0.05, 0.1) is 19.8 Å². The summed E-state index contributed by atoms with van der Waals surface area (Å²) in [6.07, 6.45) is -3.57. The van der Waals surface area contributed by atoms with Crippen LogP contribution in [0.2, 0.25) is 0 Å². The van der Waals surface area contributed by atoms with Crippen LogP contribution >= 0.6 is 0 Å². The number of rotatable bonds is 7. The van der Waals surface area contributed by atoms with E-state index in [1.165, 1.54) is 6.08 Å². The lowest BCUT2D eigenvalue weighted by molar-refractivity contribution is -0.306. The van der Waals surface area contributed by atoms with E-state index in [2.05, 4.69) is 6.58 Å². The molecule has 0 unspecified atom stereocenters. The average Bonchev–Trinajstić information content (AvgIpc) is 2.55. The van der Waals surface area contributed by atoms with Gasteiger partial charge in [-0.25, -0.2) is 0 Å². The third-order valence-corrected chi connectivity index (χ3v) is 3.49. The van der Waals surface area contributed by atoms with Crippen LogP contribution in [0.1, 0.15) is 5.56 Å². The first kappa shape index (κ1) is 17.1. The molecule has 6 nitrogen and oxygen atoms in total. The molecule has 1 aromatic carbocycles. The van der Waals surface area contributed by atoms with Crippen LogP contribution in [-0.2, 0) is 20.8 Å². The molecule has 0 aliphatic carbocycles. The Bertz CT molecular complexity index is 451. The highest BCUT2D eigenvalue weighted by atomic mass is 16.7. The Hall–Kier alpha value is -1.28. The van der Waals surface area contributed by atoms with Crippen LogP contribution in [0.5, 0.6) is 0 Å². The topological polar surface area (TPSA) is 88.4 Å². The van der Waals surface area contributed by atoms with Gasteiger partial charge in [-0.1, -0.05) is 36.4 Å². The minimum atomic E-state index is -1.17. The van der Waals surface area contributed by atoms with Crippen LogP contribution in [0, 0.1) is 0 Å². The maximum absolute atomic E-state index is 10.3. The lowest BCUT2D eigenvalue weighted by Gasteiger charge is -2.41. The van der Waals surface area contributed by atoms with Crippen molar-refractivity contribution < 1.29 is 29.5 Å². The Balaban J connectivity index is 2.02. The van der Waals surface area contributed by atoms with Crippen molar-refractivity contribution in [1.29, 1.82) is 0 Å². The monoisotopic (exact) mass is 310 g/mol. The normalized spacial score (nSPS) is 31.9. The van der Waals surface area contributed by atoms with Gasteiger partial charge in [0.25, 0.3) is 0 Å². The van der Waals surface area contributed by atoms with Crippen LogP contribution in [0.4, 0.5) is 0 Å². The number of ether oxygens (including phenoxy) is 3. The molecular weight excluding hydrogens is 288 g/mol. The molecule has 0 amide bonds. The van der Waals surface area contributed by atoms with E-state index in [4.69, 9.17) is 14.2 Å². The SMILES string of the molecule is C=CCO[C@@H]1O[C@H](CO)[C@@H](O)[C@@H](OCc2ccccc2)[C@H]1O. The van der Waals surface area contributed by atoms with Gasteiger partial charge in [-0.15, -0.1) is 6.58 Å². The summed E-state index contributed by atoms with van der Waals surface area (Å²) in [6, 6.07) is 9.41. The van der Waals surface area contributed by atoms with Gasteiger partial charge in [0.2, 0.25) is 0 Å². The minimum Gasteiger partial charge on any atom is -0.394 e. The highest BCUT2D eigenvalue weighted by Gasteiger charge is 2.45. The molecule has 1 aliphatic heterocycles. The van der Waals surface area contributed by atoms with E-state index in [1.54, 1.807) is 0 Å². The first-order valence-corrected chi connectivity index (χ1v) is 7.18. The van der Waals surface area contributed by atoms with E-state index < -0.39 is 37.3 Å². The van der Waals surface area contributed by atoms with Crippen molar-refractivity contribution in [2.24, 2.45) is 0 Å². The summed E-state index contributed by atoms with van der Waals surface area (Å²) in [5.41, 5.74) is 0.914. The van der Waals surface area contributed by atoms with Gasteiger partial charge in [0, 0.05) is 0 Å². The van der Waals surface area contributed by atoms with E-state index in [0.29, 0.717) is 0 Å². The number of aliphatic hydroxyl groups is 3. The Morgan fingerprint density at radius 2 is 1.86 bits per heavy atom. The van der Waals surface area contributed by atoms with Gasteiger partial charge in [-0.2, -0.15) is 0 Å². The minimum absolute atomic E-state index is 0.182. The van der Waals surface area contributed by atoms with Gasteiger partial charge >= 0.3 is 0 Å². The second-order valence-electron chi connectivity index (χ2n) is 5.09. The standard InChI is InChI=1S/C16H22O6/c1-2-8-20-16-14(19)15(13(18)12(9-17)22-16)21-10-11-6-4-3-5-7-11/h2-7,12-19H,1,8-10H2/t12-,13-,14-,15-,16-/m1/s1. The number of aliphatic hydroxyl groups excluding tert-OH is 3. The van der Waals surface area contributed by atoms with E-state index >= 15 is 0 Å². The quantitative estimate of drug-likeness (QED) is 0.624. The van der Waals surface area contributed by atoms with Crippen molar-refractivity contribution in [2.45, 2.75) is 37.3 Å². The zero-order valence-corrected chi connectivity index (χ0v) is 12.2. The van der Waals surface area contributed by atoms with E-state index in [1.807, 2.05) is 30.3 Å². The predicted octanol–water partition coefficient (Wildman–Crippen LogP) is 0.213. The first-order chi connectivity index (χ1) is 10.7. The molecule has 1 fully saturated rings. The number of hydrogen-bond acceptors (Lipinski definition) is 6. The predicted molar refractivity (Wildman–Crippen MR) is 78.9 cm³/mol. The van der Waals surface area contributed by atoms with Crippen LogP contribution < -0.4 is 0 Å². The first-order valence-electron chi connectivity index (χ1n) is 7.18. The highest BCUT2D eigenvalue weighted by molar-refractivity contribution is 5.13. The van der Waals surface area contributed by atoms with E-state index in [9.17, 15) is 15.3 Å². The van der Waals surface area contributed by atoms with Crippen LogP contribution in [0.25, 0.3) is 0 Å². The maximum Gasteiger partial charge on any atom is 0.187 e. The van der Waals surface area contributed by atoms with E-state index in [-0.39, 0.29) is 13.2 Å². The van der Waals surface area contributed by atoms with Gasteiger partial charge in [-0.3, -0.25) is 0 Å². The summed E-state index contributed by atoms with van der Waals surface area (Å²) >= 11 is 0. The summed E-state index contributed by atoms with van der Waals surface area (Å²) in [5, 5.41) is 29.7. The summed E-state index contributed by atoms with van der Waals surface area (Å²) < 4.78 is 16.3. The maximum atomic E-state index is 10.3. The molecular formula is C16H22O6. The molecule has 0 bridgehead atoms. The second-order valence-corrected chi connectivity index (χ2v) is 5.09. The summed E-state index contributed by atoms with van der Waals surface area (Å²) in [5.74, 6) is 0. The van der Waals surface area contributed by atoms with Crippen molar-refractivity contribution in [3.8, 4) is 0 Å². The third kappa shape index (κ3) is 4.13. The smallest absolute Gasteiger partial charge is 0.187 e. The fourth-order valence-electron chi connectivity index (χ4n) is 2.32. The molecule has 2 rings (SSSR count). The van der Waals surface area contributed by atoms with Gasteiger partial charge in [0.1, 0.15) is 24.4 Å². The lowest BCUT2D eigenvalue weighted by Crippen LogP contribution is -2.60. The van der Waals surface area contributed by atoms with Crippen LogP contribution in [-0.4, -0.2) is 59.2 Å². The Labute approximate surface area is 129 Å². The molecule has 6 heteroatoms. The fraction of sp³-hybridized carbons (Fsp3) is 0.500.